The topological polar surface area (TPSA) is 61.8 Å². The molecule has 0 aliphatic carbocycles. The largest absolute Gasteiger partial charge is 0.466 e. The summed E-state index contributed by atoms with van der Waals surface area (Å²) >= 11 is 0. The first-order valence-corrected chi connectivity index (χ1v) is 9.10. The van der Waals surface area contributed by atoms with E-state index in [1.165, 1.54) is 16.9 Å². The molecule has 132 valence electrons. The van der Waals surface area contributed by atoms with Gasteiger partial charge in [-0.25, -0.2) is 0 Å². The molecule has 1 aromatic carbocycles. The Morgan fingerprint density at radius 3 is 2.92 bits per heavy atom. The molecule has 0 amide bonds. The molecule has 2 N–H and O–H groups in total. The summed E-state index contributed by atoms with van der Waals surface area (Å²) in [5, 5.41) is 14.1. The van der Waals surface area contributed by atoms with E-state index in [-0.39, 0.29) is 12.4 Å². The van der Waals surface area contributed by atoms with Crippen molar-refractivity contribution in [3.63, 3.8) is 0 Å². The number of piperidine rings is 1. The molecule has 0 unspecified atom stereocenters. The molecule has 2 aliphatic rings. The van der Waals surface area contributed by atoms with E-state index < -0.39 is 5.60 Å². The predicted molar refractivity (Wildman–Crippen MR) is 95.5 cm³/mol. The highest BCUT2D eigenvalue weighted by Gasteiger charge is 2.35. The zero-order valence-electron chi connectivity index (χ0n) is 14.5. The number of esters is 1. The highest BCUT2D eigenvalue weighted by molar-refractivity contribution is 5.71. The molecule has 24 heavy (non-hydrogen) atoms. The summed E-state index contributed by atoms with van der Waals surface area (Å²) in [5.41, 5.74) is 2.95. The average molecular weight is 332 g/mol. The number of carbonyl (C=O) groups excluding carboxylic acids is 1. The lowest BCUT2D eigenvalue weighted by Crippen LogP contribution is -2.46. The molecule has 0 aromatic heterocycles. The minimum Gasteiger partial charge on any atom is -0.466 e. The Hall–Kier alpha value is -1.75. The molecule has 0 spiro atoms. The van der Waals surface area contributed by atoms with Crippen LogP contribution in [-0.4, -0.2) is 42.9 Å². The number of ether oxygens (including phenoxy) is 1. The Labute approximate surface area is 144 Å². The Bertz CT molecular complexity index is 580. The molecule has 0 atom stereocenters. The molecule has 1 saturated heterocycles. The van der Waals surface area contributed by atoms with E-state index in [0.29, 0.717) is 19.4 Å². The van der Waals surface area contributed by atoms with Crippen molar-refractivity contribution in [2.75, 3.05) is 36.5 Å². The number of aliphatic hydroxyl groups is 1. The fourth-order valence-corrected chi connectivity index (χ4v) is 3.61. The summed E-state index contributed by atoms with van der Waals surface area (Å²) in [4.78, 5) is 14.2. The van der Waals surface area contributed by atoms with E-state index in [4.69, 9.17) is 4.74 Å². The van der Waals surface area contributed by atoms with E-state index in [9.17, 15) is 9.90 Å². The summed E-state index contributed by atoms with van der Waals surface area (Å²) in [5.74, 6) is -0.274. The number of nitrogens with zero attached hydrogens (tertiary/aromatic N) is 1. The Morgan fingerprint density at radius 2 is 2.17 bits per heavy atom. The fraction of sp³-hybridized carbons (Fsp3) is 0.632. The van der Waals surface area contributed by atoms with Crippen LogP contribution in [0, 0.1) is 0 Å². The van der Waals surface area contributed by atoms with Crippen LogP contribution in [0.2, 0.25) is 0 Å². The van der Waals surface area contributed by atoms with Gasteiger partial charge < -0.3 is 20.1 Å². The third kappa shape index (κ3) is 3.83. The molecule has 5 heteroatoms. The van der Waals surface area contributed by atoms with Crippen molar-refractivity contribution in [3.05, 3.63) is 23.8 Å². The zero-order chi connectivity index (χ0) is 17.0. The monoisotopic (exact) mass is 332 g/mol. The highest BCUT2D eigenvalue weighted by Crippen LogP contribution is 2.35. The van der Waals surface area contributed by atoms with Crippen molar-refractivity contribution in [1.82, 2.24) is 0 Å². The lowest BCUT2D eigenvalue weighted by atomic mass is 9.87. The lowest BCUT2D eigenvalue weighted by molar-refractivity contribution is -0.150. The second kappa shape index (κ2) is 7.43. The molecule has 0 radical (unpaired) electrons. The number of hydrogen-bond acceptors (Lipinski definition) is 5. The van der Waals surface area contributed by atoms with Crippen LogP contribution in [0.1, 0.15) is 44.6 Å². The van der Waals surface area contributed by atoms with E-state index in [2.05, 4.69) is 35.3 Å². The Morgan fingerprint density at radius 1 is 1.38 bits per heavy atom. The molecule has 1 fully saturated rings. The third-order valence-electron chi connectivity index (χ3n) is 5.11. The van der Waals surface area contributed by atoms with Gasteiger partial charge in [-0.15, -0.1) is 0 Å². The van der Waals surface area contributed by atoms with Crippen LogP contribution in [0.3, 0.4) is 0 Å². The number of anilines is 2. The van der Waals surface area contributed by atoms with Crippen LogP contribution in [-0.2, 0) is 16.0 Å². The quantitative estimate of drug-likeness (QED) is 0.619. The van der Waals surface area contributed by atoms with Crippen LogP contribution in [0.4, 0.5) is 11.4 Å². The normalized spacial score (nSPS) is 18.8. The van der Waals surface area contributed by atoms with Crippen LogP contribution in [0.25, 0.3) is 0 Å². The van der Waals surface area contributed by atoms with E-state index in [0.717, 1.165) is 38.9 Å². The number of benzene rings is 1. The van der Waals surface area contributed by atoms with Crippen molar-refractivity contribution in [1.29, 1.82) is 0 Å². The van der Waals surface area contributed by atoms with Crippen molar-refractivity contribution in [3.8, 4) is 0 Å². The first-order valence-electron chi connectivity index (χ1n) is 9.10. The number of nitrogens with one attached hydrogen (secondary N) is 1. The van der Waals surface area contributed by atoms with E-state index in [1.807, 2.05) is 0 Å². The number of hydrogen-bond donors (Lipinski definition) is 2. The van der Waals surface area contributed by atoms with E-state index in [1.54, 1.807) is 0 Å². The summed E-state index contributed by atoms with van der Waals surface area (Å²) in [6, 6.07) is 6.37. The molecular weight excluding hydrogens is 304 g/mol. The van der Waals surface area contributed by atoms with Crippen LogP contribution in [0.15, 0.2) is 18.2 Å². The standard InChI is InChI=1S/C19H28N2O3/c1-2-3-13-24-18(22)14-19(23)8-11-21(12-9-19)17-6-4-5-16-15(17)7-10-20-16/h4-6,20,23H,2-3,7-14H2,1H3. The third-order valence-corrected chi connectivity index (χ3v) is 5.11. The summed E-state index contributed by atoms with van der Waals surface area (Å²) < 4.78 is 5.20. The van der Waals surface area contributed by atoms with Gasteiger partial charge in [0.05, 0.1) is 18.6 Å². The first-order chi connectivity index (χ1) is 11.6. The van der Waals surface area contributed by atoms with Crippen molar-refractivity contribution < 1.29 is 14.6 Å². The maximum absolute atomic E-state index is 11.9. The smallest absolute Gasteiger partial charge is 0.308 e. The number of carbonyl (C=O) groups is 1. The lowest BCUT2D eigenvalue weighted by Gasteiger charge is -2.39. The van der Waals surface area contributed by atoms with E-state index >= 15 is 0 Å². The summed E-state index contributed by atoms with van der Waals surface area (Å²) in [7, 11) is 0. The first kappa shape index (κ1) is 17.1. The van der Waals surface area contributed by atoms with Gasteiger partial charge in [0, 0.05) is 36.6 Å². The molecule has 0 saturated carbocycles. The molecule has 3 rings (SSSR count). The van der Waals surface area contributed by atoms with Gasteiger partial charge in [0.25, 0.3) is 0 Å². The molecule has 2 aliphatic heterocycles. The van der Waals surface area contributed by atoms with Gasteiger partial charge in [-0.05, 0) is 37.8 Å². The molecule has 0 bridgehead atoms. The molecule has 1 aromatic rings. The van der Waals surface area contributed by atoms with Crippen LogP contribution in [0.5, 0.6) is 0 Å². The minimum absolute atomic E-state index is 0.110. The summed E-state index contributed by atoms with van der Waals surface area (Å²) in [6.07, 6.45) is 4.25. The van der Waals surface area contributed by atoms with Crippen LogP contribution >= 0.6 is 0 Å². The second-order valence-electron chi connectivity index (χ2n) is 6.94. The van der Waals surface area contributed by atoms with Crippen molar-refractivity contribution in [2.45, 2.75) is 51.0 Å². The summed E-state index contributed by atoms with van der Waals surface area (Å²) in [6.45, 7) is 5.06. The zero-order valence-corrected chi connectivity index (χ0v) is 14.5. The molecular formula is C19H28N2O3. The molecule has 5 nitrogen and oxygen atoms in total. The van der Waals surface area contributed by atoms with Gasteiger partial charge in [0.15, 0.2) is 0 Å². The van der Waals surface area contributed by atoms with Crippen LogP contribution < -0.4 is 10.2 Å². The maximum Gasteiger partial charge on any atom is 0.308 e. The second-order valence-corrected chi connectivity index (χ2v) is 6.94. The van der Waals surface area contributed by atoms with Crippen molar-refractivity contribution >= 4 is 17.3 Å². The average Bonchev–Trinajstić information content (AvgIpc) is 3.04. The Balaban J connectivity index is 1.56. The SMILES string of the molecule is CCCCOC(=O)CC1(O)CCN(c2cccc3c2CCN3)CC1. The number of unbranched alkanes of at least 4 members (excludes halogenated alkanes) is 1. The van der Waals surface area contributed by atoms with Gasteiger partial charge in [-0.3, -0.25) is 4.79 Å². The van der Waals surface area contributed by atoms with Gasteiger partial charge >= 0.3 is 5.97 Å². The Kier molecular flexibility index (Phi) is 5.29. The van der Waals surface area contributed by atoms with Gasteiger partial charge in [0.1, 0.15) is 0 Å². The van der Waals surface area contributed by atoms with Gasteiger partial charge in [-0.2, -0.15) is 0 Å². The molecule has 2 heterocycles. The number of fused-ring (bicyclic) bond motifs is 1. The highest BCUT2D eigenvalue weighted by atomic mass is 16.5. The van der Waals surface area contributed by atoms with Crippen molar-refractivity contribution in [2.24, 2.45) is 0 Å². The fourth-order valence-electron chi connectivity index (χ4n) is 3.61. The van der Waals surface area contributed by atoms with Gasteiger partial charge in [-0.1, -0.05) is 19.4 Å². The number of rotatable bonds is 6. The van der Waals surface area contributed by atoms with Gasteiger partial charge in [0.2, 0.25) is 0 Å². The maximum atomic E-state index is 11.9. The predicted octanol–water partition coefficient (Wildman–Crippen LogP) is 2.72. The minimum atomic E-state index is -0.921.